The van der Waals surface area contributed by atoms with Crippen LogP contribution in [0, 0.1) is 5.41 Å². The lowest BCUT2D eigenvalue weighted by molar-refractivity contribution is -0.151. The molecule has 1 aliphatic rings. The van der Waals surface area contributed by atoms with E-state index in [0.29, 0.717) is 6.54 Å². The van der Waals surface area contributed by atoms with Gasteiger partial charge in [0.15, 0.2) is 0 Å². The predicted octanol–water partition coefficient (Wildman–Crippen LogP) is 2.47. The van der Waals surface area contributed by atoms with E-state index in [1.807, 2.05) is 32.0 Å². The minimum atomic E-state index is -0.849. The molecule has 0 spiro atoms. The molecular weight excluding hydrogens is 254 g/mol. The second-order valence-corrected chi connectivity index (χ2v) is 6.49. The molecule has 4 heteroatoms. The van der Waals surface area contributed by atoms with Gasteiger partial charge in [0.1, 0.15) is 11.9 Å². The number of aliphatic carboxylic acids is 1. The van der Waals surface area contributed by atoms with Gasteiger partial charge >= 0.3 is 5.97 Å². The minimum absolute atomic E-state index is 0.0660. The second-order valence-electron chi connectivity index (χ2n) is 6.49. The normalized spacial score (nSPS) is 18.5. The maximum atomic E-state index is 11.4. The van der Waals surface area contributed by atoms with Crippen LogP contribution in [0.3, 0.4) is 0 Å². The third-order valence-corrected chi connectivity index (χ3v) is 4.58. The van der Waals surface area contributed by atoms with Crippen molar-refractivity contribution < 1.29 is 14.6 Å². The molecule has 2 rings (SSSR count). The van der Waals surface area contributed by atoms with Gasteiger partial charge in [0, 0.05) is 18.5 Å². The van der Waals surface area contributed by atoms with E-state index in [1.165, 1.54) is 5.56 Å². The zero-order chi connectivity index (χ0) is 15.0. The van der Waals surface area contributed by atoms with Crippen LogP contribution in [0.4, 0.5) is 0 Å². The summed E-state index contributed by atoms with van der Waals surface area (Å²) in [5.41, 5.74) is -0.148. The maximum Gasteiger partial charge on any atom is 0.310 e. The smallest absolute Gasteiger partial charge is 0.310 e. The average Bonchev–Trinajstić information content (AvgIpc) is 2.78. The molecule has 0 aromatic heterocycles. The SMILES string of the molecule is CC(C)(NCC1Cc2ccccc2O1)C(C)(C)C(=O)O. The molecular formula is C16H23NO3. The van der Waals surface area contributed by atoms with Crippen LogP contribution in [0.2, 0.25) is 0 Å². The first-order valence-corrected chi connectivity index (χ1v) is 6.97. The maximum absolute atomic E-state index is 11.4. The van der Waals surface area contributed by atoms with E-state index in [9.17, 15) is 9.90 Å². The van der Waals surface area contributed by atoms with Gasteiger partial charge in [0.25, 0.3) is 0 Å². The molecule has 4 nitrogen and oxygen atoms in total. The number of rotatable bonds is 5. The van der Waals surface area contributed by atoms with E-state index in [0.717, 1.165) is 12.2 Å². The van der Waals surface area contributed by atoms with Gasteiger partial charge in [-0.05, 0) is 39.3 Å². The molecule has 1 aromatic rings. The first-order chi connectivity index (χ1) is 9.24. The summed E-state index contributed by atoms with van der Waals surface area (Å²) in [6.45, 7) is 7.96. The number of carboxylic acid groups (broad SMARTS) is 1. The van der Waals surface area contributed by atoms with Crippen LogP contribution < -0.4 is 10.1 Å². The van der Waals surface area contributed by atoms with Crippen molar-refractivity contribution in [1.82, 2.24) is 5.32 Å². The highest BCUT2D eigenvalue weighted by molar-refractivity contribution is 5.75. The lowest BCUT2D eigenvalue weighted by Crippen LogP contribution is -2.56. The lowest BCUT2D eigenvalue weighted by atomic mass is 9.74. The zero-order valence-electron chi connectivity index (χ0n) is 12.6. The fourth-order valence-electron chi connectivity index (χ4n) is 2.23. The molecule has 0 saturated heterocycles. The van der Waals surface area contributed by atoms with Crippen LogP contribution in [0.15, 0.2) is 24.3 Å². The van der Waals surface area contributed by atoms with Crippen LogP contribution in [-0.4, -0.2) is 29.3 Å². The van der Waals surface area contributed by atoms with Crippen molar-refractivity contribution in [2.45, 2.75) is 45.8 Å². The summed E-state index contributed by atoms with van der Waals surface area (Å²) < 4.78 is 5.87. The van der Waals surface area contributed by atoms with Crippen molar-refractivity contribution in [2.24, 2.45) is 5.41 Å². The van der Waals surface area contributed by atoms with Crippen molar-refractivity contribution in [1.29, 1.82) is 0 Å². The fraction of sp³-hybridized carbons (Fsp3) is 0.562. The van der Waals surface area contributed by atoms with Gasteiger partial charge in [-0.25, -0.2) is 0 Å². The van der Waals surface area contributed by atoms with Crippen LogP contribution >= 0.6 is 0 Å². The van der Waals surface area contributed by atoms with Crippen molar-refractivity contribution in [3.8, 4) is 5.75 Å². The highest BCUT2D eigenvalue weighted by Crippen LogP contribution is 2.32. The summed E-state index contributed by atoms with van der Waals surface area (Å²) in [6, 6.07) is 8.02. The Labute approximate surface area is 120 Å². The summed E-state index contributed by atoms with van der Waals surface area (Å²) >= 11 is 0. The van der Waals surface area contributed by atoms with Crippen LogP contribution in [0.1, 0.15) is 33.3 Å². The third-order valence-electron chi connectivity index (χ3n) is 4.58. The Bertz CT molecular complexity index is 483. The molecule has 0 amide bonds. The Morgan fingerprint density at radius 3 is 2.60 bits per heavy atom. The number of carbonyl (C=O) groups is 1. The minimum Gasteiger partial charge on any atom is -0.488 e. The van der Waals surface area contributed by atoms with Gasteiger partial charge in [-0.15, -0.1) is 0 Å². The third kappa shape index (κ3) is 2.66. The van der Waals surface area contributed by atoms with E-state index < -0.39 is 16.9 Å². The van der Waals surface area contributed by atoms with Crippen molar-refractivity contribution in [3.63, 3.8) is 0 Å². The summed E-state index contributed by atoms with van der Waals surface area (Å²) in [6.07, 6.45) is 0.934. The Morgan fingerprint density at radius 2 is 2.00 bits per heavy atom. The van der Waals surface area contributed by atoms with E-state index in [4.69, 9.17) is 4.74 Å². The summed E-state index contributed by atoms with van der Waals surface area (Å²) in [7, 11) is 0. The molecule has 0 fully saturated rings. The van der Waals surface area contributed by atoms with Crippen LogP contribution in [0.5, 0.6) is 5.75 Å². The Kier molecular flexibility index (Phi) is 3.78. The molecule has 1 aromatic carbocycles. The summed E-state index contributed by atoms with van der Waals surface area (Å²) in [4.78, 5) is 11.4. The molecule has 1 atom stereocenters. The number of ether oxygens (including phenoxy) is 1. The molecule has 0 saturated carbocycles. The van der Waals surface area contributed by atoms with Gasteiger partial charge in [0.05, 0.1) is 5.41 Å². The van der Waals surface area contributed by atoms with Crippen molar-refractivity contribution in [3.05, 3.63) is 29.8 Å². The molecule has 1 unspecified atom stereocenters. The number of para-hydroxylation sites is 1. The number of hydrogen-bond acceptors (Lipinski definition) is 3. The topological polar surface area (TPSA) is 58.6 Å². The van der Waals surface area contributed by atoms with E-state index in [1.54, 1.807) is 13.8 Å². The van der Waals surface area contributed by atoms with Crippen molar-refractivity contribution >= 4 is 5.97 Å². The number of fused-ring (bicyclic) bond motifs is 1. The lowest BCUT2D eigenvalue weighted by Gasteiger charge is -2.39. The second kappa shape index (κ2) is 5.09. The molecule has 0 aliphatic carbocycles. The standard InChI is InChI=1S/C16H23NO3/c1-15(2,14(18)19)16(3,4)17-10-12-9-11-7-5-6-8-13(11)20-12/h5-8,12,17H,9-10H2,1-4H3,(H,18,19). The molecule has 20 heavy (non-hydrogen) atoms. The molecule has 110 valence electrons. The molecule has 0 bridgehead atoms. The summed E-state index contributed by atoms with van der Waals surface area (Å²) in [5.74, 6) is 0.139. The highest BCUT2D eigenvalue weighted by atomic mass is 16.5. The number of nitrogens with one attached hydrogen (secondary N) is 1. The first kappa shape index (κ1) is 14.9. The largest absolute Gasteiger partial charge is 0.488 e. The van der Waals surface area contributed by atoms with Gasteiger partial charge < -0.3 is 15.2 Å². The van der Waals surface area contributed by atoms with Gasteiger partial charge in [0.2, 0.25) is 0 Å². The average molecular weight is 277 g/mol. The Hall–Kier alpha value is -1.55. The zero-order valence-corrected chi connectivity index (χ0v) is 12.6. The predicted molar refractivity (Wildman–Crippen MR) is 78.1 cm³/mol. The van der Waals surface area contributed by atoms with Crippen LogP contribution in [0.25, 0.3) is 0 Å². The molecule has 1 heterocycles. The van der Waals surface area contributed by atoms with Gasteiger partial charge in [-0.2, -0.15) is 0 Å². The number of carboxylic acids is 1. The van der Waals surface area contributed by atoms with Crippen LogP contribution in [-0.2, 0) is 11.2 Å². The van der Waals surface area contributed by atoms with E-state index in [-0.39, 0.29) is 6.10 Å². The molecule has 1 aliphatic heterocycles. The highest BCUT2D eigenvalue weighted by Gasteiger charge is 2.43. The van der Waals surface area contributed by atoms with E-state index in [2.05, 4.69) is 11.4 Å². The van der Waals surface area contributed by atoms with Gasteiger partial charge in [-0.1, -0.05) is 18.2 Å². The van der Waals surface area contributed by atoms with E-state index >= 15 is 0 Å². The number of hydrogen-bond donors (Lipinski definition) is 2. The molecule has 0 radical (unpaired) electrons. The van der Waals surface area contributed by atoms with Gasteiger partial charge in [-0.3, -0.25) is 4.79 Å². The Morgan fingerprint density at radius 1 is 1.35 bits per heavy atom. The first-order valence-electron chi connectivity index (χ1n) is 6.97. The number of benzene rings is 1. The Balaban J connectivity index is 1.96. The summed E-state index contributed by atoms with van der Waals surface area (Å²) in [5, 5.41) is 12.7. The molecule has 2 N–H and O–H groups in total. The quantitative estimate of drug-likeness (QED) is 0.868. The monoisotopic (exact) mass is 277 g/mol. The van der Waals surface area contributed by atoms with Crippen molar-refractivity contribution in [2.75, 3.05) is 6.54 Å². The fourth-order valence-corrected chi connectivity index (χ4v) is 2.23.